The normalized spacial score (nSPS) is 15.2. The van der Waals surface area contributed by atoms with Crippen molar-refractivity contribution in [3.63, 3.8) is 0 Å². The zero-order valence-corrected chi connectivity index (χ0v) is 19.7. The molecule has 0 unspecified atom stereocenters. The molecule has 11 heteroatoms. The number of nitrogens with one attached hydrogen (secondary N) is 1. The summed E-state index contributed by atoms with van der Waals surface area (Å²) in [5, 5.41) is 11.3. The van der Waals surface area contributed by atoms with Gasteiger partial charge in [0.25, 0.3) is 0 Å². The Balaban J connectivity index is 1.79. The van der Waals surface area contributed by atoms with Gasteiger partial charge in [0.2, 0.25) is 15.9 Å². The highest BCUT2D eigenvalue weighted by Crippen LogP contribution is 2.31. The van der Waals surface area contributed by atoms with Crippen LogP contribution in [0.15, 0.2) is 34.6 Å². The molecule has 31 heavy (non-hydrogen) atoms. The number of hydrogen-bond donors (Lipinski definition) is 1. The number of piperidine rings is 1. The molecule has 1 saturated heterocycles. The van der Waals surface area contributed by atoms with Gasteiger partial charge < -0.3 is 14.6 Å². The molecule has 0 spiro atoms. The Kier molecular flexibility index (Phi) is 7.95. The molecule has 0 saturated carbocycles. The molecule has 0 aliphatic carbocycles. The first-order valence-electron chi connectivity index (χ1n) is 10.4. The Labute approximate surface area is 187 Å². The summed E-state index contributed by atoms with van der Waals surface area (Å²) in [4.78, 5) is 12.8. The predicted octanol–water partition coefficient (Wildman–Crippen LogP) is 2.99. The van der Waals surface area contributed by atoms with E-state index in [2.05, 4.69) is 15.5 Å². The monoisotopic (exact) mass is 467 g/mol. The van der Waals surface area contributed by atoms with Gasteiger partial charge in [-0.2, -0.15) is 4.31 Å². The second-order valence-corrected chi connectivity index (χ2v) is 10.4. The molecule has 2 aromatic rings. The van der Waals surface area contributed by atoms with Gasteiger partial charge in [-0.15, -0.1) is 10.2 Å². The first-order chi connectivity index (χ1) is 14.8. The van der Waals surface area contributed by atoms with Gasteiger partial charge in [0.15, 0.2) is 5.16 Å². The van der Waals surface area contributed by atoms with E-state index >= 15 is 0 Å². The molecular weight excluding hydrogens is 438 g/mol. The van der Waals surface area contributed by atoms with Gasteiger partial charge in [0.1, 0.15) is 12.1 Å². The van der Waals surface area contributed by atoms with Crippen molar-refractivity contribution in [3.05, 3.63) is 24.5 Å². The van der Waals surface area contributed by atoms with Crippen LogP contribution in [0.1, 0.15) is 40.0 Å². The van der Waals surface area contributed by atoms with E-state index in [1.165, 1.54) is 28.2 Å². The fourth-order valence-electron chi connectivity index (χ4n) is 3.27. The van der Waals surface area contributed by atoms with Gasteiger partial charge in [0, 0.05) is 19.6 Å². The maximum Gasteiger partial charge on any atom is 0.243 e. The lowest BCUT2D eigenvalue weighted by Gasteiger charge is -2.26. The van der Waals surface area contributed by atoms with Crippen LogP contribution in [-0.4, -0.2) is 58.3 Å². The van der Waals surface area contributed by atoms with Crippen molar-refractivity contribution in [2.75, 3.05) is 24.2 Å². The lowest BCUT2D eigenvalue weighted by atomic mass is 10.2. The summed E-state index contributed by atoms with van der Waals surface area (Å²) in [6, 6.07) is 4.63. The molecule has 0 radical (unpaired) electrons. The van der Waals surface area contributed by atoms with E-state index in [1.54, 1.807) is 12.4 Å². The number of amides is 1. The summed E-state index contributed by atoms with van der Waals surface area (Å²) in [7, 11) is -3.62. The summed E-state index contributed by atoms with van der Waals surface area (Å²) in [5.41, 5.74) is 0.342. The standard InChI is InChI=1S/C20H29N5O4S2/c1-4-24-14-21-23-20(24)30-13-19(26)22-17-12-16(8-9-18(17)29-15(2)3)31(27,28)25-10-6-5-7-11-25/h8-9,12,14-15H,4-7,10-11,13H2,1-3H3,(H,22,26). The number of aromatic nitrogens is 3. The van der Waals surface area contributed by atoms with E-state index in [0.29, 0.717) is 36.2 Å². The fourth-order valence-corrected chi connectivity index (χ4v) is 5.59. The Bertz CT molecular complexity index is 1000. The largest absolute Gasteiger partial charge is 0.489 e. The first kappa shape index (κ1) is 23.6. The van der Waals surface area contributed by atoms with Crippen LogP contribution in [-0.2, 0) is 21.4 Å². The van der Waals surface area contributed by atoms with E-state index in [4.69, 9.17) is 4.74 Å². The molecule has 1 N–H and O–H groups in total. The molecule has 3 rings (SSSR count). The average molecular weight is 468 g/mol. The number of benzene rings is 1. The van der Waals surface area contributed by atoms with Crippen LogP contribution in [0.25, 0.3) is 0 Å². The number of carbonyl (C=O) groups is 1. The van der Waals surface area contributed by atoms with Gasteiger partial charge in [0.05, 0.1) is 22.4 Å². The van der Waals surface area contributed by atoms with Crippen LogP contribution < -0.4 is 10.1 Å². The van der Waals surface area contributed by atoms with E-state index < -0.39 is 10.0 Å². The fraction of sp³-hybridized carbons (Fsp3) is 0.550. The van der Waals surface area contributed by atoms with Crippen molar-refractivity contribution in [2.45, 2.75) is 62.7 Å². The lowest BCUT2D eigenvalue weighted by molar-refractivity contribution is -0.113. The Morgan fingerprint density at radius 3 is 2.68 bits per heavy atom. The summed E-state index contributed by atoms with van der Waals surface area (Å²) in [5.74, 6) is 0.266. The van der Waals surface area contributed by atoms with Crippen molar-refractivity contribution in [2.24, 2.45) is 0 Å². The molecule has 1 amide bonds. The second kappa shape index (κ2) is 10.5. The molecule has 0 atom stereocenters. The SMILES string of the molecule is CCn1cnnc1SCC(=O)Nc1cc(S(=O)(=O)N2CCCCC2)ccc1OC(C)C. The second-order valence-electron chi connectivity index (χ2n) is 7.53. The highest BCUT2D eigenvalue weighted by atomic mass is 32.2. The van der Waals surface area contributed by atoms with E-state index in [9.17, 15) is 13.2 Å². The Morgan fingerprint density at radius 2 is 2.00 bits per heavy atom. The summed E-state index contributed by atoms with van der Waals surface area (Å²) >= 11 is 1.27. The third kappa shape index (κ3) is 5.98. The Morgan fingerprint density at radius 1 is 1.26 bits per heavy atom. The molecule has 1 aromatic carbocycles. The van der Waals surface area contributed by atoms with Crippen LogP contribution in [0.4, 0.5) is 5.69 Å². The zero-order valence-electron chi connectivity index (χ0n) is 18.1. The number of ether oxygens (including phenoxy) is 1. The van der Waals surface area contributed by atoms with Crippen LogP contribution in [0.3, 0.4) is 0 Å². The third-order valence-corrected chi connectivity index (χ3v) is 7.67. The maximum absolute atomic E-state index is 13.1. The summed E-state index contributed by atoms with van der Waals surface area (Å²) < 4.78 is 35.3. The topological polar surface area (TPSA) is 106 Å². The highest BCUT2D eigenvalue weighted by molar-refractivity contribution is 7.99. The summed E-state index contributed by atoms with van der Waals surface area (Å²) in [6.45, 7) is 7.46. The van der Waals surface area contributed by atoms with Crippen molar-refractivity contribution < 1.29 is 17.9 Å². The van der Waals surface area contributed by atoms with Gasteiger partial charge in [-0.3, -0.25) is 4.79 Å². The lowest BCUT2D eigenvalue weighted by Crippen LogP contribution is -2.35. The number of hydrogen-bond acceptors (Lipinski definition) is 7. The quantitative estimate of drug-likeness (QED) is 0.565. The smallest absolute Gasteiger partial charge is 0.243 e. The molecule has 0 bridgehead atoms. The number of anilines is 1. The minimum absolute atomic E-state index is 0.114. The van der Waals surface area contributed by atoms with Gasteiger partial charge in [-0.1, -0.05) is 18.2 Å². The first-order valence-corrected chi connectivity index (χ1v) is 12.8. The highest BCUT2D eigenvalue weighted by Gasteiger charge is 2.27. The molecular formula is C20H29N5O4S2. The number of carbonyl (C=O) groups excluding carboxylic acids is 1. The van der Waals surface area contributed by atoms with Gasteiger partial charge >= 0.3 is 0 Å². The number of nitrogens with zero attached hydrogens (tertiary/aromatic N) is 4. The van der Waals surface area contributed by atoms with E-state index in [1.807, 2.05) is 25.3 Å². The average Bonchev–Trinajstić information content (AvgIpc) is 3.21. The van der Waals surface area contributed by atoms with E-state index in [-0.39, 0.29) is 22.7 Å². The molecule has 2 heterocycles. The van der Waals surface area contributed by atoms with Crippen molar-refractivity contribution in [3.8, 4) is 5.75 Å². The molecule has 1 aliphatic rings. The van der Waals surface area contributed by atoms with E-state index in [0.717, 1.165) is 19.3 Å². The minimum Gasteiger partial charge on any atom is -0.489 e. The predicted molar refractivity (Wildman–Crippen MR) is 120 cm³/mol. The minimum atomic E-state index is -3.62. The molecule has 1 aromatic heterocycles. The molecule has 170 valence electrons. The zero-order chi connectivity index (χ0) is 22.4. The number of rotatable bonds is 9. The number of thioether (sulfide) groups is 1. The Hall–Kier alpha value is -2.11. The summed E-state index contributed by atoms with van der Waals surface area (Å²) in [6.07, 6.45) is 4.24. The van der Waals surface area contributed by atoms with Crippen molar-refractivity contribution >= 4 is 33.4 Å². The third-order valence-electron chi connectivity index (χ3n) is 4.79. The van der Waals surface area contributed by atoms with Crippen LogP contribution >= 0.6 is 11.8 Å². The molecule has 1 aliphatic heterocycles. The molecule has 9 nitrogen and oxygen atoms in total. The van der Waals surface area contributed by atoms with Crippen molar-refractivity contribution in [1.29, 1.82) is 0 Å². The molecule has 1 fully saturated rings. The van der Waals surface area contributed by atoms with Gasteiger partial charge in [-0.05, 0) is 51.8 Å². The maximum atomic E-state index is 13.1. The van der Waals surface area contributed by atoms with Crippen LogP contribution in [0.5, 0.6) is 5.75 Å². The van der Waals surface area contributed by atoms with Crippen LogP contribution in [0.2, 0.25) is 0 Å². The number of aryl methyl sites for hydroxylation is 1. The number of sulfonamides is 1. The van der Waals surface area contributed by atoms with Crippen LogP contribution in [0, 0.1) is 0 Å². The van der Waals surface area contributed by atoms with Crippen molar-refractivity contribution in [1.82, 2.24) is 19.1 Å². The van der Waals surface area contributed by atoms with Gasteiger partial charge in [-0.25, -0.2) is 8.42 Å².